The van der Waals surface area contributed by atoms with Crippen LogP contribution in [-0.2, 0) is 10.0 Å². The van der Waals surface area contributed by atoms with E-state index in [1.165, 1.54) is 0 Å². The summed E-state index contributed by atoms with van der Waals surface area (Å²) in [5, 5.41) is 4.03. The summed E-state index contributed by atoms with van der Waals surface area (Å²) in [4.78, 5) is 6.70. The molecule has 190 valence electrons. The van der Waals surface area contributed by atoms with Gasteiger partial charge in [-0.15, -0.1) is 0 Å². The van der Waals surface area contributed by atoms with Gasteiger partial charge >= 0.3 is 0 Å². The van der Waals surface area contributed by atoms with E-state index in [1.807, 2.05) is 73.8 Å². The van der Waals surface area contributed by atoms with Crippen LogP contribution >= 0.6 is 12.2 Å². The van der Waals surface area contributed by atoms with Crippen LogP contribution in [0.1, 0.15) is 29.0 Å². The van der Waals surface area contributed by atoms with Crippen molar-refractivity contribution in [2.45, 2.75) is 19.0 Å². The van der Waals surface area contributed by atoms with E-state index in [2.05, 4.69) is 30.6 Å². The average molecular weight is 534 g/mol. The van der Waals surface area contributed by atoms with E-state index in [-0.39, 0.29) is 12.1 Å². The molecule has 2 atom stereocenters. The molecule has 0 radical (unpaired) electrons. The van der Waals surface area contributed by atoms with Crippen LogP contribution in [0.4, 0.5) is 11.4 Å². The summed E-state index contributed by atoms with van der Waals surface area (Å²) in [5.41, 5.74) is 4.99. The minimum absolute atomic E-state index is 0.220. The van der Waals surface area contributed by atoms with Gasteiger partial charge in [-0.3, -0.25) is 9.71 Å². The maximum atomic E-state index is 11.8. The SMILES string of the molecule is COc1cccc(-n2cccc2[C@@H]2[C@@H](c3ccccn3)NC(=S)N2c2ccc(NS(C)(=O)=O)c(C)c2)c1. The largest absolute Gasteiger partial charge is 0.497 e. The Morgan fingerprint density at radius 3 is 2.57 bits per heavy atom. The van der Waals surface area contributed by atoms with Crippen LogP contribution in [-0.4, -0.2) is 36.4 Å². The smallest absolute Gasteiger partial charge is 0.229 e. The maximum absolute atomic E-state index is 11.8. The van der Waals surface area contributed by atoms with Gasteiger partial charge < -0.3 is 19.5 Å². The summed E-state index contributed by atoms with van der Waals surface area (Å²) in [5.74, 6) is 0.764. The third-order valence-electron chi connectivity index (χ3n) is 6.30. The summed E-state index contributed by atoms with van der Waals surface area (Å²) in [6.45, 7) is 1.87. The van der Waals surface area contributed by atoms with E-state index in [9.17, 15) is 8.42 Å². The number of methoxy groups -OCH3 is 1. The molecule has 5 rings (SSSR count). The molecule has 37 heavy (non-hydrogen) atoms. The highest BCUT2D eigenvalue weighted by Crippen LogP contribution is 2.43. The van der Waals surface area contributed by atoms with Crippen molar-refractivity contribution in [3.8, 4) is 11.4 Å². The molecule has 1 fully saturated rings. The van der Waals surface area contributed by atoms with Crippen molar-refractivity contribution >= 4 is 38.7 Å². The summed E-state index contributed by atoms with van der Waals surface area (Å²) >= 11 is 5.86. The first-order valence-electron chi connectivity index (χ1n) is 11.7. The lowest BCUT2D eigenvalue weighted by atomic mass is 10.0. The van der Waals surface area contributed by atoms with Gasteiger partial charge in [0, 0.05) is 35.5 Å². The highest BCUT2D eigenvalue weighted by molar-refractivity contribution is 7.92. The van der Waals surface area contributed by atoms with Crippen LogP contribution in [0, 0.1) is 6.92 Å². The summed E-state index contributed by atoms with van der Waals surface area (Å²) in [6, 6.07) is 22.9. The molecule has 0 unspecified atom stereocenters. The number of anilines is 2. The van der Waals surface area contributed by atoms with Crippen LogP contribution in [0.25, 0.3) is 5.69 Å². The van der Waals surface area contributed by atoms with Crippen molar-refractivity contribution in [3.63, 3.8) is 0 Å². The lowest BCUT2D eigenvalue weighted by Gasteiger charge is -2.29. The molecule has 0 spiro atoms. The van der Waals surface area contributed by atoms with E-state index in [0.29, 0.717) is 10.8 Å². The second kappa shape index (κ2) is 9.87. The fourth-order valence-corrected chi connectivity index (χ4v) is 5.65. The minimum Gasteiger partial charge on any atom is -0.497 e. The number of thiocarbonyl (C=S) groups is 1. The molecule has 3 heterocycles. The lowest BCUT2D eigenvalue weighted by Crippen LogP contribution is -2.30. The highest BCUT2D eigenvalue weighted by Gasteiger charge is 2.42. The Bertz CT molecular complexity index is 1550. The number of benzene rings is 2. The number of aryl methyl sites for hydroxylation is 1. The number of hydrogen-bond donors (Lipinski definition) is 2. The number of sulfonamides is 1. The van der Waals surface area contributed by atoms with Gasteiger partial charge in [0.15, 0.2) is 5.11 Å². The summed E-state index contributed by atoms with van der Waals surface area (Å²) < 4.78 is 33.8. The normalized spacial score (nSPS) is 17.5. The molecule has 1 aliphatic heterocycles. The zero-order valence-corrected chi connectivity index (χ0v) is 22.3. The molecule has 2 aromatic heterocycles. The number of hydrogen-bond acceptors (Lipinski definition) is 5. The van der Waals surface area contributed by atoms with Gasteiger partial charge in [0.1, 0.15) is 11.8 Å². The second-order valence-corrected chi connectivity index (χ2v) is 11.0. The molecule has 0 saturated carbocycles. The topological polar surface area (TPSA) is 88.5 Å². The summed E-state index contributed by atoms with van der Waals surface area (Å²) in [7, 11) is -1.75. The van der Waals surface area contributed by atoms with Crippen molar-refractivity contribution in [2.75, 3.05) is 23.0 Å². The molecule has 0 bridgehead atoms. The Morgan fingerprint density at radius 2 is 1.86 bits per heavy atom. The number of ether oxygens (including phenoxy) is 1. The molecule has 2 aromatic carbocycles. The Hall–Kier alpha value is -3.89. The zero-order chi connectivity index (χ0) is 26.2. The lowest BCUT2D eigenvalue weighted by molar-refractivity contribution is 0.414. The molecule has 0 aliphatic carbocycles. The van der Waals surface area contributed by atoms with Gasteiger partial charge in [-0.1, -0.05) is 12.1 Å². The fourth-order valence-electron chi connectivity index (χ4n) is 4.68. The molecule has 4 aromatic rings. The van der Waals surface area contributed by atoms with E-state index < -0.39 is 10.0 Å². The molecule has 1 saturated heterocycles. The van der Waals surface area contributed by atoms with E-state index in [4.69, 9.17) is 17.0 Å². The standard InChI is InChI=1S/C27H27N5O3S2/c1-18-16-20(12-13-22(18)30-37(3,33)34)32-26(25(29-27(32)36)23-10-4-5-14-28-23)24-11-7-15-31(24)19-8-6-9-21(17-19)35-2/h4-17,25-26,30H,1-3H3,(H,29,36)/t25-,26-/m1/s1. The first-order valence-corrected chi connectivity index (χ1v) is 14.0. The number of pyridine rings is 1. The van der Waals surface area contributed by atoms with Crippen molar-refractivity contribution in [2.24, 2.45) is 0 Å². The average Bonchev–Trinajstić information content (AvgIpc) is 3.49. The Morgan fingerprint density at radius 1 is 1.03 bits per heavy atom. The van der Waals surface area contributed by atoms with Crippen LogP contribution in [0.2, 0.25) is 0 Å². The van der Waals surface area contributed by atoms with Crippen LogP contribution in [0.3, 0.4) is 0 Å². The number of rotatable bonds is 7. The number of nitrogens with zero attached hydrogens (tertiary/aromatic N) is 3. The van der Waals surface area contributed by atoms with Gasteiger partial charge in [0.25, 0.3) is 0 Å². The number of nitrogens with one attached hydrogen (secondary N) is 2. The molecule has 1 aliphatic rings. The predicted octanol–water partition coefficient (Wildman–Crippen LogP) is 4.74. The zero-order valence-electron chi connectivity index (χ0n) is 20.6. The van der Waals surface area contributed by atoms with Crippen LogP contribution in [0.5, 0.6) is 5.75 Å². The summed E-state index contributed by atoms with van der Waals surface area (Å²) in [6.07, 6.45) is 4.93. The molecule has 2 N–H and O–H groups in total. The monoisotopic (exact) mass is 533 g/mol. The quantitative estimate of drug-likeness (QED) is 0.332. The first-order chi connectivity index (χ1) is 17.7. The minimum atomic E-state index is -3.40. The predicted molar refractivity (Wildman–Crippen MR) is 150 cm³/mol. The van der Waals surface area contributed by atoms with Gasteiger partial charge in [0.05, 0.1) is 30.8 Å². The van der Waals surface area contributed by atoms with E-state index >= 15 is 0 Å². The molecular weight excluding hydrogens is 506 g/mol. The molecular formula is C27H27N5O3S2. The van der Waals surface area contributed by atoms with E-state index in [0.717, 1.165) is 40.3 Å². The van der Waals surface area contributed by atoms with Gasteiger partial charge in [-0.05, 0) is 79.3 Å². The third kappa shape index (κ3) is 5.03. The van der Waals surface area contributed by atoms with Gasteiger partial charge in [-0.2, -0.15) is 0 Å². The Balaban J connectivity index is 1.63. The molecule has 0 amide bonds. The van der Waals surface area contributed by atoms with Crippen molar-refractivity contribution in [3.05, 3.63) is 102 Å². The fraction of sp³-hybridized carbons (Fsp3) is 0.185. The van der Waals surface area contributed by atoms with Gasteiger partial charge in [0.2, 0.25) is 10.0 Å². The van der Waals surface area contributed by atoms with Crippen LogP contribution in [0.15, 0.2) is 85.2 Å². The number of aromatic nitrogens is 2. The van der Waals surface area contributed by atoms with Gasteiger partial charge in [-0.25, -0.2) is 8.42 Å². The molecule has 8 nitrogen and oxygen atoms in total. The first kappa shape index (κ1) is 24.8. The Kier molecular flexibility index (Phi) is 6.61. The Labute approximate surface area is 222 Å². The van der Waals surface area contributed by atoms with Crippen LogP contribution < -0.4 is 19.7 Å². The third-order valence-corrected chi connectivity index (χ3v) is 7.20. The van der Waals surface area contributed by atoms with E-state index in [1.54, 1.807) is 19.4 Å². The molecule has 10 heteroatoms. The maximum Gasteiger partial charge on any atom is 0.229 e. The van der Waals surface area contributed by atoms with Crippen molar-refractivity contribution in [1.82, 2.24) is 14.9 Å². The highest BCUT2D eigenvalue weighted by atomic mass is 32.2. The van der Waals surface area contributed by atoms with Crippen molar-refractivity contribution in [1.29, 1.82) is 0 Å². The van der Waals surface area contributed by atoms with Crippen molar-refractivity contribution < 1.29 is 13.2 Å². The second-order valence-electron chi connectivity index (χ2n) is 8.87.